The van der Waals surface area contributed by atoms with Crippen molar-refractivity contribution in [3.63, 3.8) is 0 Å². The van der Waals surface area contributed by atoms with Gasteiger partial charge in [-0.2, -0.15) is 18.4 Å². The number of hydrogen-bond acceptors (Lipinski definition) is 5. The zero-order valence-corrected chi connectivity index (χ0v) is 19.6. The monoisotopic (exact) mass is 518 g/mol. The van der Waals surface area contributed by atoms with Crippen LogP contribution in [0.4, 0.5) is 23.7 Å². The minimum absolute atomic E-state index is 0.0262. The van der Waals surface area contributed by atoms with Crippen molar-refractivity contribution in [1.82, 2.24) is 4.90 Å². The highest BCUT2D eigenvalue weighted by atomic mass is 32.2. The molecule has 1 aliphatic rings. The second-order valence-electron chi connectivity index (χ2n) is 7.81. The molecule has 0 aromatic heterocycles. The molecular weight excluding hydrogens is 501 g/mol. The maximum atomic E-state index is 13.5. The summed E-state index contributed by atoms with van der Waals surface area (Å²) in [4.78, 5) is 29.7. The van der Waals surface area contributed by atoms with Gasteiger partial charge in [-0.15, -0.1) is 0 Å². The third-order valence-electron chi connectivity index (χ3n) is 5.41. The Morgan fingerprint density at radius 2 is 1.92 bits per heavy atom. The van der Waals surface area contributed by atoms with E-state index in [1.807, 2.05) is 0 Å². The van der Waals surface area contributed by atoms with E-state index in [2.05, 4.69) is 4.85 Å². The molecule has 0 aliphatic carbocycles. The van der Waals surface area contributed by atoms with Crippen molar-refractivity contribution in [2.75, 3.05) is 17.7 Å². The quantitative estimate of drug-likeness (QED) is 0.592. The number of carbonyl (C=O) groups is 2. The van der Waals surface area contributed by atoms with Gasteiger partial charge in [-0.3, -0.25) is 9.69 Å². The molecule has 1 heterocycles. The van der Waals surface area contributed by atoms with Crippen LogP contribution in [0.1, 0.15) is 29.7 Å². The Bertz CT molecular complexity index is 1490. The lowest BCUT2D eigenvalue weighted by atomic mass is 9.97. The first-order valence-corrected chi connectivity index (χ1v) is 11.9. The number of carboxylic acid groups (broad SMARTS) is 1. The molecule has 2 amide bonds. The largest absolute Gasteiger partial charge is 0.480 e. The van der Waals surface area contributed by atoms with E-state index in [0.29, 0.717) is 11.0 Å². The van der Waals surface area contributed by atoms with Gasteiger partial charge < -0.3 is 10.0 Å². The number of sulfone groups is 1. The zero-order valence-electron chi connectivity index (χ0n) is 18.7. The molecule has 0 radical (unpaired) electrons. The van der Waals surface area contributed by atoms with Crippen LogP contribution < -0.4 is 4.90 Å². The minimum Gasteiger partial charge on any atom is -0.480 e. The highest BCUT2D eigenvalue weighted by molar-refractivity contribution is 7.90. The van der Waals surface area contributed by atoms with E-state index in [4.69, 9.17) is 6.57 Å². The van der Waals surface area contributed by atoms with Crippen molar-refractivity contribution in [3.8, 4) is 6.07 Å². The topological polar surface area (TPSA) is 123 Å². The van der Waals surface area contributed by atoms with Gasteiger partial charge in [0.2, 0.25) is 5.70 Å². The zero-order chi connectivity index (χ0) is 27.0. The normalized spacial score (nSPS) is 16.5. The van der Waals surface area contributed by atoms with Crippen molar-refractivity contribution in [3.05, 3.63) is 82.0 Å². The SMILES string of the molecule is [C-]#[N+]C1=C(C)N(c2cccc(C(F)(F)F)c2)C(=O)N(CC(=O)O)[C@@H]1c1ccc(C#N)cc1S(C)(=O)=O. The molecule has 2 aromatic rings. The Morgan fingerprint density at radius 3 is 2.44 bits per heavy atom. The van der Waals surface area contributed by atoms with Gasteiger partial charge in [-0.1, -0.05) is 12.1 Å². The van der Waals surface area contributed by atoms with Gasteiger partial charge in [0.05, 0.1) is 34.7 Å². The van der Waals surface area contributed by atoms with Crippen molar-refractivity contribution in [1.29, 1.82) is 5.26 Å². The van der Waals surface area contributed by atoms with E-state index in [-0.39, 0.29) is 28.2 Å². The van der Waals surface area contributed by atoms with Crippen molar-refractivity contribution >= 4 is 27.5 Å². The molecule has 0 saturated carbocycles. The van der Waals surface area contributed by atoms with Gasteiger partial charge in [0.15, 0.2) is 9.84 Å². The summed E-state index contributed by atoms with van der Waals surface area (Å²) in [7, 11) is -4.02. The van der Waals surface area contributed by atoms with Crippen LogP contribution in [0.25, 0.3) is 4.85 Å². The van der Waals surface area contributed by atoms with Crippen LogP contribution in [0.2, 0.25) is 0 Å². The molecule has 0 spiro atoms. The number of allylic oxidation sites excluding steroid dienone is 1. The molecule has 13 heteroatoms. The number of urea groups is 1. The Kier molecular flexibility index (Phi) is 6.82. The Balaban J connectivity index is 2.34. The maximum absolute atomic E-state index is 13.5. The van der Waals surface area contributed by atoms with Crippen LogP contribution in [0.15, 0.2) is 58.8 Å². The number of hydrogen-bond donors (Lipinski definition) is 1. The fourth-order valence-corrected chi connectivity index (χ4v) is 4.83. The molecule has 1 N–H and O–H groups in total. The Labute approximate surface area is 204 Å². The van der Waals surface area contributed by atoms with Gasteiger partial charge in [-0.05, 0) is 42.8 Å². The fourth-order valence-electron chi connectivity index (χ4n) is 3.88. The molecule has 36 heavy (non-hydrogen) atoms. The molecule has 2 aromatic carbocycles. The number of benzene rings is 2. The van der Waals surface area contributed by atoms with E-state index in [1.54, 1.807) is 6.07 Å². The standard InChI is InChI=1S/C23H17F3N4O5S/c1-13-20(28-2)21(17-8-7-14(11-27)9-18(17)36(3,34)35)29(12-19(31)32)22(33)30(13)16-6-4-5-15(10-16)23(24,25)26/h4-10,21H,12H2,1,3H3,(H,31,32)/t21-/m1/s1. The molecule has 0 saturated heterocycles. The highest BCUT2D eigenvalue weighted by Crippen LogP contribution is 2.42. The van der Waals surface area contributed by atoms with E-state index < -0.39 is 51.1 Å². The number of amides is 2. The minimum atomic E-state index is -4.73. The number of rotatable bonds is 5. The lowest BCUT2D eigenvalue weighted by Gasteiger charge is -2.41. The Morgan fingerprint density at radius 1 is 1.25 bits per heavy atom. The summed E-state index contributed by atoms with van der Waals surface area (Å²) < 4.78 is 64.9. The van der Waals surface area contributed by atoms with Gasteiger partial charge in [0, 0.05) is 17.6 Å². The number of aliphatic carboxylic acids is 1. The number of alkyl halides is 3. The first kappa shape index (κ1) is 26.2. The van der Waals surface area contributed by atoms with Crippen LogP contribution in [0.3, 0.4) is 0 Å². The third-order valence-corrected chi connectivity index (χ3v) is 6.56. The maximum Gasteiger partial charge on any atom is 0.416 e. The third kappa shape index (κ3) is 4.87. The average molecular weight is 518 g/mol. The van der Waals surface area contributed by atoms with Crippen LogP contribution in [0.5, 0.6) is 0 Å². The molecule has 0 unspecified atom stereocenters. The molecule has 1 aliphatic heterocycles. The smallest absolute Gasteiger partial charge is 0.416 e. The number of nitrogens with zero attached hydrogens (tertiary/aromatic N) is 4. The number of halogens is 3. The van der Waals surface area contributed by atoms with Crippen molar-refractivity contribution in [2.24, 2.45) is 0 Å². The highest BCUT2D eigenvalue weighted by Gasteiger charge is 2.43. The van der Waals surface area contributed by atoms with Crippen LogP contribution in [0, 0.1) is 17.9 Å². The predicted octanol–water partition coefficient (Wildman–Crippen LogP) is 4.20. The number of carbonyl (C=O) groups excluding carboxylic acids is 1. The van der Waals surface area contributed by atoms with Gasteiger partial charge >= 0.3 is 18.2 Å². The predicted molar refractivity (Wildman–Crippen MR) is 120 cm³/mol. The molecule has 0 fully saturated rings. The summed E-state index contributed by atoms with van der Waals surface area (Å²) >= 11 is 0. The second kappa shape index (κ2) is 9.36. The lowest BCUT2D eigenvalue weighted by molar-refractivity contribution is -0.138. The summed E-state index contributed by atoms with van der Waals surface area (Å²) in [5.74, 6) is -1.50. The van der Waals surface area contributed by atoms with E-state index in [9.17, 15) is 41.5 Å². The van der Waals surface area contributed by atoms with Crippen molar-refractivity contribution in [2.45, 2.75) is 24.0 Å². The first-order valence-electron chi connectivity index (χ1n) is 10.0. The second-order valence-corrected chi connectivity index (χ2v) is 9.79. The van der Waals surface area contributed by atoms with E-state index in [0.717, 1.165) is 29.4 Å². The lowest BCUT2D eigenvalue weighted by Crippen LogP contribution is -2.51. The molecular formula is C23H17F3N4O5S. The van der Waals surface area contributed by atoms with Crippen LogP contribution in [-0.2, 0) is 20.8 Å². The average Bonchev–Trinajstić information content (AvgIpc) is 2.79. The Hall–Kier alpha value is -4.36. The number of nitriles is 1. The molecule has 186 valence electrons. The van der Waals surface area contributed by atoms with Crippen LogP contribution in [-0.4, -0.2) is 43.2 Å². The summed E-state index contributed by atoms with van der Waals surface area (Å²) in [5, 5.41) is 18.7. The summed E-state index contributed by atoms with van der Waals surface area (Å²) in [6.07, 6.45) is -3.88. The summed E-state index contributed by atoms with van der Waals surface area (Å²) in [6, 6.07) is 6.46. The number of carboxylic acids is 1. The van der Waals surface area contributed by atoms with Gasteiger partial charge in [-0.25, -0.2) is 18.1 Å². The molecule has 1 atom stereocenters. The summed E-state index contributed by atoms with van der Waals surface area (Å²) in [6.45, 7) is 8.02. The first-order chi connectivity index (χ1) is 16.7. The van der Waals surface area contributed by atoms with Gasteiger partial charge in [0.25, 0.3) is 0 Å². The summed E-state index contributed by atoms with van der Waals surface area (Å²) in [5.41, 5.74) is -1.86. The molecule has 0 bridgehead atoms. The van der Waals surface area contributed by atoms with Crippen LogP contribution >= 0.6 is 0 Å². The van der Waals surface area contributed by atoms with E-state index in [1.165, 1.54) is 25.1 Å². The van der Waals surface area contributed by atoms with Gasteiger partial charge in [0.1, 0.15) is 6.54 Å². The van der Waals surface area contributed by atoms with E-state index >= 15 is 0 Å². The number of anilines is 1. The fraction of sp³-hybridized carbons (Fsp3) is 0.217. The molecule has 9 nitrogen and oxygen atoms in total. The molecule has 3 rings (SSSR count). The van der Waals surface area contributed by atoms with Crippen molar-refractivity contribution < 1.29 is 36.3 Å².